The third kappa shape index (κ3) is 2.61. The quantitative estimate of drug-likeness (QED) is 0.920. The SMILES string of the molecule is Cc1cc([C@H]2CCCN2C(=O)c2ccccc2)c[nH]c1=O. The summed E-state index contributed by atoms with van der Waals surface area (Å²) in [4.78, 5) is 28.8. The number of aryl methyl sites for hydroxylation is 1. The molecule has 0 spiro atoms. The van der Waals surface area contributed by atoms with Crippen LogP contribution in [-0.2, 0) is 0 Å². The van der Waals surface area contributed by atoms with E-state index < -0.39 is 0 Å². The molecular formula is C17H18N2O2. The van der Waals surface area contributed by atoms with Gasteiger partial charge in [0.15, 0.2) is 0 Å². The molecule has 0 bridgehead atoms. The number of amides is 1. The Morgan fingerprint density at radius 1 is 1.29 bits per heavy atom. The van der Waals surface area contributed by atoms with E-state index in [-0.39, 0.29) is 17.5 Å². The van der Waals surface area contributed by atoms with Gasteiger partial charge in [0.05, 0.1) is 6.04 Å². The molecule has 1 aromatic carbocycles. The highest BCUT2D eigenvalue weighted by molar-refractivity contribution is 5.94. The maximum absolute atomic E-state index is 12.6. The minimum atomic E-state index is -0.0716. The summed E-state index contributed by atoms with van der Waals surface area (Å²) in [6, 6.07) is 11.3. The molecule has 1 aliphatic heterocycles. The second kappa shape index (κ2) is 5.56. The first kappa shape index (κ1) is 13.6. The highest BCUT2D eigenvalue weighted by atomic mass is 16.2. The van der Waals surface area contributed by atoms with Crippen molar-refractivity contribution >= 4 is 5.91 Å². The fourth-order valence-electron chi connectivity index (χ4n) is 2.92. The third-order valence-electron chi connectivity index (χ3n) is 4.03. The Balaban J connectivity index is 1.90. The van der Waals surface area contributed by atoms with Crippen molar-refractivity contribution in [2.75, 3.05) is 6.54 Å². The van der Waals surface area contributed by atoms with Crippen molar-refractivity contribution in [3.8, 4) is 0 Å². The van der Waals surface area contributed by atoms with Crippen LogP contribution in [0.5, 0.6) is 0 Å². The first-order valence-electron chi connectivity index (χ1n) is 7.22. The molecule has 1 N–H and O–H groups in total. The lowest BCUT2D eigenvalue weighted by atomic mass is 10.0. The van der Waals surface area contributed by atoms with Gasteiger partial charge in [-0.1, -0.05) is 18.2 Å². The number of aromatic nitrogens is 1. The van der Waals surface area contributed by atoms with Crippen LogP contribution in [0.2, 0.25) is 0 Å². The van der Waals surface area contributed by atoms with Crippen molar-refractivity contribution in [3.63, 3.8) is 0 Å². The summed E-state index contributed by atoms with van der Waals surface area (Å²) in [5, 5.41) is 0. The Morgan fingerprint density at radius 2 is 2.05 bits per heavy atom. The van der Waals surface area contributed by atoms with E-state index in [1.807, 2.05) is 41.3 Å². The standard InChI is InChI=1S/C17H18N2O2/c1-12-10-14(11-18-16(12)20)15-8-5-9-19(15)17(21)13-6-3-2-4-7-13/h2-4,6-7,10-11,15H,5,8-9H2,1H3,(H,18,20)/t15-/m1/s1. The lowest BCUT2D eigenvalue weighted by Gasteiger charge is -2.25. The summed E-state index contributed by atoms with van der Waals surface area (Å²) in [5.41, 5.74) is 2.34. The van der Waals surface area contributed by atoms with E-state index in [9.17, 15) is 9.59 Å². The minimum absolute atomic E-state index is 0.0493. The third-order valence-corrected chi connectivity index (χ3v) is 4.03. The number of carbonyl (C=O) groups excluding carboxylic acids is 1. The van der Waals surface area contributed by atoms with E-state index >= 15 is 0 Å². The molecular weight excluding hydrogens is 264 g/mol. The summed E-state index contributed by atoms with van der Waals surface area (Å²) < 4.78 is 0. The van der Waals surface area contributed by atoms with Gasteiger partial charge in [0.1, 0.15) is 0 Å². The van der Waals surface area contributed by atoms with Gasteiger partial charge in [0.2, 0.25) is 0 Å². The van der Waals surface area contributed by atoms with Crippen LogP contribution in [0, 0.1) is 6.92 Å². The van der Waals surface area contributed by atoms with E-state index in [0.717, 1.165) is 24.9 Å². The molecule has 0 unspecified atom stereocenters. The van der Waals surface area contributed by atoms with Crippen LogP contribution in [-0.4, -0.2) is 22.3 Å². The Bertz CT molecular complexity index is 706. The van der Waals surface area contributed by atoms with Gasteiger partial charge in [-0.2, -0.15) is 0 Å². The van der Waals surface area contributed by atoms with E-state index in [0.29, 0.717) is 11.1 Å². The average Bonchev–Trinajstić information content (AvgIpc) is 2.99. The van der Waals surface area contributed by atoms with Gasteiger partial charge in [-0.15, -0.1) is 0 Å². The van der Waals surface area contributed by atoms with Crippen LogP contribution < -0.4 is 5.56 Å². The fourth-order valence-corrected chi connectivity index (χ4v) is 2.92. The number of aromatic amines is 1. The van der Waals surface area contributed by atoms with Crippen molar-refractivity contribution < 1.29 is 4.79 Å². The van der Waals surface area contributed by atoms with Gasteiger partial charge in [-0.25, -0.2) is 0 Å². The zero-order valence-electron chi connectivity index (χ0n) is 12.0. The van der Waals surface area contributed by atoms with Crippen LogP contribution in [0.3, 0.4) is 0 Å². The van der Waals surface area contributed by atoms with E-state index in [1.54, 1.807) is 13.1 Å². The van der Waals surface area contributed by atoms with Gasteiger partial charge < -0.3 is 9.88 Å². The number of H-pyrrole nitrogens is 1. The zero-order valence-corrected chi connectivity index (χ0v) is 12.0. The molecule has 1 aromatic heterocycles. The van der Waals surface area contributed by atoms with Crippen LogP contribution in [0.15, 0.2) is 47.4 Å². The monoisotopic (exact) mass is 282 g/mol. The van der Waals surface area contributed by atoms with E-state index in [4.69, 9.17) is 0 Å². The van der Waals surface area contributed by atoms with Gasteiger partial charge in [-0.05, 0) is 43.5 Å². The molecule has 4 heteroatoms. The molecule has 2 aromatic rings. The van der Waals surface area contributed by atoms with Crippen LogP contribution in [0.25, 0.3) is 0 Å². The lowest BCUT2D eigenvalue weighted by molar-refractivity contribution is 0.0735. The number of rotatable bonds is 2. The maximum atomic E-state index is 12.6. The molecule has 4 nitrogen and oxygen atoms in total. The summed E-state index contributed by atoms with van der Waals surface area (Å²) in [5.74, 6) is 0.0574. The molecule has 0 saturated carbocycles. The Labute approximate surface area is 123 Å². The highest BCUT2D eigenvalue weighted by Gasteiger charge is 2.30. The number of pyridine rings is 1. The molecule has 1 fully saturated rings. The van der Waals surface area contributed by atoms with Gasteiger partial charge in [0.25, 0.3) is 11.5 Å². The lowest BCUT2D eigenvalue weighted by Crippen LogP contribution is -2.31. The van der Waals surface area contributed by atoms with Crippen LogP contribution in [0.1, 0.15) is 40.4 Å². The fraction of sp³-hybridized carbons (Fsp3) is 0.294. The largest absolute Gasteiger partial charge is 0.332 e. The number of nitrogens with zero attached hydrogens (tertiary/aromatic N) is 1. The second-order valence-corrected chi connectivity index (χ2v) is 5.47. The summed E-state index contributed by atoms with van der Waals surface area (Å²) >= 11 is 0. The predicted octanol–water partition coefficient (Wildman–Crippen LogP) is 2.66. The smallest absolute Gasteiger partial charge is 0.254 e. The van der Waals surface area contributed by atoms with Crippen molar-refractivity contribution in [2.45, 2.75) is 25.8 Å². The van der Waals surface area contributed by atoms with Crippen molar-refractivity contribution in [1.82, 2.24) is 9.88 Å². The summed E-state index contributed by atoms with van der Waals surface area (Å²) in [6.07, 6.45) is 3.65. The number of benzene rings is 1. The molecule has 0 radical (unpaired) electrons. The molecule has 2 heterocycles. The molecule has 1 atom stereocenters. The maximum Gasteiger partial charge on any atom is 0.254 e. The molecule has 3 rings (SSSR count). The molecule has 1 amide bonds. The normalized spacial score (nSPS) is 18.0. The zero-order chi connectivity index (χ0) is 14.8. The number of likely N-dealkylation sites (tertiary alicyclic amines) is 1. The summed E-state index contributed by atoms with van der Waals surface area (Å²) in [6.45, 7) is 2.55. The van der Waals surface area contributed by atoms with Crippen molar-refractivity contribution in [2.24, 2.45) is 0 Å². The second-order valence-electron chi connectivity index (χ2n) is 5.47. The van der Waals surface area contributed by atoms with E-state index in [1.165, 1.54) is 0 Å². The van der Waals surface area contributed by atoms with Gasteiger partial charge in [0, 0.05) is 23.9 Å². The highest BCUT2D eigenvalue weighted by Crippen LogP contribution is 2.32. The predicted molar refractivity (Wildman–Crippen MR) is 81.3 cm³/mol. The van der Waals surface area contributed by atoms with Crippen LogP contribution >= 0.6 is 0 Å². The van der Waals surface area contributed by atoms with Crippen LogP contribution in [0.4, 0.5) is 0 Å². The number of hydrogen-bond acceptors (Lipinski definition) is 2. The van der Waals surface area contributed by atoms with Crippen molar-refractivity contribution in [1.29, 1.82) is 0 Å². The number of hydrogen-bond donors (Lipinski definition) is 1. The molecule has 1 aliphatic rings. The first-order valence-corrected chi connectivity index (χ1v) is 7.22. The number of nitrogens with one attached hydrogen (secondary N) is 1. The van der Waals surface area contributed by atoms with E-state index in [2.05, 4.69) is 4.98 Å². The number of carbonyl (C=O) groups is 1. The average molecular weight is 282 g/mol. The topological polar surface area (TPSA) is 53.2 Å². The Hall–Kier alpha value is -2.36. The Morgan fingerprint density at radius 3 is 2.76 bits per heavy atom. The Kier molecular flexibility index (Phi) is 3.60. The van der Waals surface area contributed by atoms with Gasteiger partial charge in [-0.3, -0.25) is 9.59 Å². The molecule has 108 valence electrons. The molecule has 21 heavy (non-hydrogen) atoms. The van der Waals surface area contributed by atoms with Gasteiger partial charge >= 0.3 is 0 Å². The van der Waals surface area contributed by atoms with Crippen molar-refractivity contribution in [3.05, 3.63) is 69.6 Å². The molecule has 1 saturated heterocycles. The summed E-state index contributed by atoms with van der Waals surface area (Å²) in [7, 11) is 0. The molecule has 0 aliphatic carbocycles. The minimum Gasteiger partial charge on any atom is -0.332 e. The first-order chi connectivity index (χ1) is 10.2.